The molecule has 0 saturated heterocycles. The van der Waals surface area contributed by atoms with E-state index in [0.29, 0.717) is 11.8 Å². The number of hydrogen-bond donors (Lipinski definition) is 2. The number of nitrogens with one attached hydrogen (secondary N) is 1. The molecule has 0 fully saturated rings. The SMILES string of the molecule is CC(CCc1ccc(O)cc1)NC(C)c1nccn1C. The van der Waals surface area contributed by atoms with Crippen LogP contribution in [-0.2, 0) is 13.5 Å². The Morgan fingerprint density at radius 1 is 1.25 bits per heavy atom. The number of aromatic hydroxyl groups is 1. The third-order valence-electron chi connectivity index (χ3n) is 3.58. The van der Waals surface area contributed by atoms with Crippen molar-refractivity contribution in [1.29, 1.82) is 0 Å². The Hall–Kier alpha value is -1.81. The van der Waals surface area contributed by atoms with Crippen LogP contribution in [0.15, 0.2) is 36.7 Å². The van der Waals surface area contributed by atoms with Gasteiger partial charge in [0.25, 0.3) is 0 Å². The minimum atomic E-state index is 0.241. The second-order valence-electron chi connectivity index (χ2n) is 5.39. The largest absolute Gasteiger partial charge is 0.508 e. The van der Waals surface area contributed by atoms with Crippen LogP contribution in [-0.4, -0.2) is 20.7 Å². The van der Waals surface area contributed by atoms with Crippen LogP contribution in [0.3, 0.4) is 0 Å². The zero-order chi connectivity index (χ0) is 14.5. The Balaban J connectivity index is 1.82. The van der Waals surface area contributed by atoms with E-state index in [4.69, 9.17) is 0 Å². The second kappa shape index (κ2) is 6.57. The first kappa shape index (κ1) is 14.6. The first-order valence-corrected chi connectivity index (χ1v) is 7.07. The normalized spacial score (nSPS) is 14.2. The first-order valence-electron chi connectivity index (χ1n) is 7.07. The van der Waals surface area contributed by atoms with Gasteiger partial charge in [0.05, 0.1) is 6.04 Å². The molecule has 4 nitrogen and oxygen atoms in total. The van der Waals surface area contributed by atoms with E-state index < -0.39 is 0 Å². The maximum Gasteiger partial charge on any atom is 0.125 e. The summed E-state index contributed by atoms with van der Waals surface area (Å²) in [6.07, 6.45) is 5.85. The summed E-state index contributed by atoms with van der Waals surface area (Å²) in [5, 5.41) is 12.8. The zero-order valence-electron chi connectivity index (χ0n) is 12.4. The average Bonchev–Trinajstić information content (AvgIpc) is 2.84. The fourth-order valence-electron chi connectivity index (χ4n) is 2.42. The fraction of sp³-hybridized carbons (Fsp3) is 0.438. The predicted octanol–water partition coefficient (Wildman–Crippen LogP) is 2.80. The molecule has 2 unspecified atom stereocenters. The average molecular weight is 273 g/mol. The summed E-state index contributed by atoms with van der Waals surface area (Å²) in [7, 11) is 2.02. The first-order chi connectivity index (χ1) is 9.56. The van der Waals surface area contributed by atoms with Gasteiger partial charge in [-0.1, -0.05) is 12.1 Å². The number of nitrogens with zero attached hydrogens (tertiary/aromatic N) is 2. The highest BCUT2D eigenvalue weighted by atomic mass is 16.3. The second-order valence-corrected chi connectivity index (χ2v) is 5.39. The monoisotopic (exact) mass is 273 g/mol. The van der Waals surface area contributed by atoms with Gasteiger partial charge in [-0.3, -0.25) is 0 Å². The third-order valence-corrected chi connectivity index (χ3v) is 3.58. The Labute approximate surface area is 120 Å². The highest BCUT2D eigenvalue weighted by Crippen LogP contribution is 2.14. The quantitative estimate of drug-likeness (QED) is 0.851. The molecule has 0 bridgehead atoms. The summed E-state index contributed by atoms with van der Waals surface area (Å²) in [5.74, 6) is 1.38. The van der Waals surface area contributed by atoms with Crippen molar-refractivity contribution in [3.8, 4) is 5.75 Å². The lowest BCUT2D eigenvalue weighted by molar-refractivity contribution is 0.436. The van der Waals surface area contributed by atoms with Crippen molar-refractivity contribution >= 4 is 0 Å². The van der Waals surface area contributed by atoms with Crippen molar-refractivity contribution in [2.24, 2.45) is 7.05 Å². The van der Waals surface area contributed by atoms with Gasteiger partial charge in [-0.2, -0.15) is 0 Å². The standard InChI is InChI=1S/C16H23N3O/c1-12(4-5-14-6-8-15(20)9-7-14)18-13(2)16-17-10-11-19(16)3/h6-13,18,20H,4-5H2,1-3H3. The molecule has 4 heteroatoms. The number of benzene rings is 1. The molecule has 1 heterocycles. The minimum Gasteiger partial charge on any atom is -0.508 e. The van der Waals surface area contributed by atoms with Gasteiger partial charge in [-0.25, -0.2) is 4.98 Å². The number of rotatable bonds is 6. The van der Waals surface area contributed by atoms with Crippen LogP contribution >= 0.6 is 0 Å². The molecular weight excluding hydrogens is 250 g/mol. The van der Waals surface area contributed by atoms with E-state index in [2.05, 4.69) is 24.1 Å². The van der Waals surface area contributed by atoms with E-state index >= 15 is 0 Å². The highest BCUT2D eigenvalue weighted by molar-refractivity contribution is 5.25. The molecule has 108 valence electrons. The summed E-state index contributed by atoms with van der Waals surface area (Å²) in [6.45, 7) is 4.33. The van der Waals surface area contributed by atoms with Crippen molar-refractivity contribution < 1.29 is 5.11 Å². The van der Waals surface area contributed by atoms with Gasteiger partial charge in [0.15, 0.2) is 0 Å². The molecule has 2 aromatic rings. The summed E-state index contributed by atoms with van der Waals surface area (Å²) < 4.78 is 2.05. The molecule has 0 saturated carbocycles. The molecule has 0 radical (unpaired) electrons. The molecule has 1 aromatic carbocycles. The van der Waals surface area contributed by atoms with Crippen molar-refractivity contribution in [3.05, 3.63) is 48.0 Å². The summed E-state index contributed by atoms with van der Waals surface area (Å²) in [6, 6.07) is 8.09. The van der Waals surface area contributed by atoms with Gasteiger partial charge in [0.2, 0.25) is 0 Å². The van der Waals surface area contributed by atoms with Gasteiger partial charge >= 0.3 is 0 Å². The highest BCUT2D eigenvalue weighted by Gasteiger charge is 2.12. The molecule has 0 spiro atoms. The van der Waals surface area contributed by atoms with Gasteiger partial charge in [-0.15, -0.1) is 0 Å². The Morgan fingerprint density at radius 3 is 2.55 bits per heavy atom. The van der Waals surface area contributed by atoms with E-state index in [1.807, 2.05) is 36.1 Å². The predicted molar refractivity (Wildman–Crippen MR) is 80.6 cm³/mol. The van der Waals surface area contributed by atoms with Crippen LogP contribution < -0.4 is 5.32 Å². The van der Waals surface area contributed by atoms with Crippen LogP contribution in [0.5, 0.6) is 5.75 Å². The van der Waals surface area contributed by atoms with Crippen LogP contribution in [0.1, 0.15) is 37.7 Å². The molecule has 0 aliphatic heterocycles. The lowest BCUT2D eigenvalue weighted by atomic mass is 10.1. The lowest BCUT2D eigenvalue weighted by Gasteiger charge is -2.19. The van der Waals surface area contributed by atoms with E-state index in [-0.39, 0.29) is 6.04 Å². The number of phenolic OH excluding ortho intramolecular Hbond substituents is 1. The number of aromatic nitrogens is 2. The molecule has 0 amide bonds. The van der Waals surface area contributed by atoms with Crippen LogP contribution in [0.4, 0.5) is 0 Å². The van der Waals surface area contributed by atoms with Crippen molar-refractivity contribution in [2.75, 3.05) is 0 Å². The molecule has 2 rings (SSSR count). The topological polar surface area (TPSA) is 50.1 Å². The number of phenols is 1. The van der Waals surface area contributed by atoms with Gasteiger partial charge in [0, 0.05) is 25.5 Å². The van der Waals surface area contributed by atoms with Crippen LogP contribution in [0.25, 0.3) is 0 Å². The summed E-state index contributed by atoms with van der Waals surface area (Å²) in [5.41, 5.74) is 1.25. The van der Waals surface area contributed by atoms with Crippen molar-refractivity contribution in [3.63, 3.8) is 0 Å². The molecule has 0 aliphatic carbocycles. The van der Waals surface area contributed by atoms with Gasteiger partial charge < -0.3 is 15.0 Å². The van der Waals surface area contributed by atoms with Crippen LogP contribution in [0.2, 0.25) is 0 Å². The summed E-state index contributed by atoms with van der Waals surface area (Å²) in [4.78, 5) is 4.37. The Bertz CT molecular complexity index is 533. The van der Waals surface area contributed by atoms with Crippen molar-refractivity contribution in [2.45, 2.75) is 38.8 Å². The van der Waals surface area contributed by atoms with E-state index in [1.165, 1.54) is 5.56 Å². The molecule has 0 aliphatic rings. The van der Waals surface area contributed by atoms with E-state index in [9.17, 15) is 5.11 Å². The van der Waals surface area contributed by atoms with Crippen LogP contribution in [0, 0.1) is 0 Å². The number of hydrogen-bond acceptors (Lipinski definition) is 3. The lowest BCUT2D eigenvalue weighted by Crippen LogP contribution is -2.30. The Morgan fingerprint density at radius 2 is 1.95 bits per heavy atom. The maximum atomic E-state index is 9.26. The molecule has 2 N–H and O–H groups in total. The van der Waals surface area contributed by atoms with E-state index in [1.54, 1.807) is 12.1 Å². The zero-order valence-corrected chi connectivity index (χ0v) is 12.4. The fourth-order valence-corrected chi connectivity index (χ4v) is 2.42. The van der Waals surface area contributed by atoms with Crippen molar-refractivity contribution in [1.82, 2.24) is 14.9 Å². The number of imidazole rings is 1. The summed E-state index contributed by atoms with van der Waals surface area (Å²) >= 11 is 0. The maximum absolute atomic E-state index is 9.26. The molecular formula is C16H23N3O. The minimum absolute atomic E-state index is 0.241. The van der Waals surface area contributed by atoms with E-state index in [0.717, 1.165) is 18.7 Å². The third kappa shape index (κ3) is 3.84. The smallest absolute Gasteiger partial charge is 0.125 e. The molecule has 20 heavy (non-hydrogen) atoms. The molecule has 1 aromatic heterocycles. The number of aryl methyl sites for hydroxylation is 2. The Kier molecular flexibility index (Phi) is 4.79. The molecule has 2 atom stereocenters. The van der Waals surface area contributed by atoms with Gasteiger partial charge in [-0.05, 0) is 44.4 Å². The van der Waals surface area contributed by atoms with Gasteiger partial charge in [0.1, 0.15) is 11.6 Å².